The monoisotopic (exact) mass is 402 g/mol. The fourth-order valence-corrected chi connectivity index (χ4v) is 8.06. The van der Waals surface area contributed by atoms with Gasteiger partial charge in [0.2, 0.25) is 5.91 Å². The number of rotatable bonds is 3. The van der Waals surface area contributed by atoms with Crippen LogP contribution in [0.3, 0.4) is 0 Å². The van der Waals surface area contributed by atoms with Gasteiger partial charge in [-0.05, 0) is 87.5 Å². The number of ether oxygens (including phenoxy) is 1. The highest BCUT2D eigenvalue weighted by Gasteiger charge is 2.61. The molecular weight excluding hydrogens is 364 g/mol. The molecule has 2 unspecified atom stereocenters. The molecule has 5 nitrogen and oxygen atoms in total. The van der Waals surface area contributed by atoms with Gasteiger partial charge in [-0.25, -0.2) is 4.79 Å². The van der Waals surface area contributed by atoms with Gasteiger partial charge in [-0.2, -0.15) is 0 Å². The first-order chi connectivity index (χ1) is 13.7. The van der Waals surface area contributed by atoms with E-state index >= 15 is 0 Å². The number of hydrogen-bond donors (Lipinski definition) is 1. The second-order valence-electron chi connectivity index (χ2n) is 10.5. The molecule has 29 heavy (non-hydrogen) atoms. The minimum atomic E-state index is -0.284. The summed E-state index contributed by atoms with van der Waals surface area (Å²) in [5, 5.41) is 3.10. The van der Waals surface area contributed by atoms with Crippen molar-refractivity contribution in [2.45, 2.75) is 78.3 Å². The molecule has 3 aliphatic carbocycles. The molecule has 0 saturated heterocycles. The van der Waals surface area contributed by atoms with Crippen molar-refractivity contribution in [3.05, 3.63) is 12.2 Å². The van der Waals surface area contributed by atoms with Crippen LogP contribution in [-0.2, 0) is 9.53 Å². The van der Waals surface area contributed by atoms with Gasteiger partial charge >= 0.3 is 6.09 Å². The van der Waals surface area contributed by atoms with Crippen LogP contribution in [0.5, 0.6) is 0 Å². The van der Waals surface area contributed by atoms with E-state index in [0.29, 0.717) is 30.4 Å². The topological polar surface area (TPSA) is 58.6 Å². The van der Waals surface area contributed by atoms with Crippen LogP contribution in [0.4, 0.5) is 4.79 Å². The van der Waals surface area contributed by atoms with Gasteiger partial charge in [0.25, 0.3) is 0 Å². The maximum absolute atomic E-state index is 12.2. The van der Waals surface area contributed by atoms with Crippen LogP contribution in [0, 0.1) is 34.5 Å². The van der Waals surface area contributed by atoms with Crippen LogP contribution in [-0.4, -0.2) is 42.6 Å². The fourth-order valence-electron chi connectivity index (χ4n) is 8.06. The molecule has 3 fully saturated rings. The molecule has 4 aliphatic rings. The zero-order valence-electron chi connectivity index (χ0n) is 18.7. The summed E-state index contributed by atoms with van der Waals surface area (Å²) in [5.41, 5.74) is 0.378. The van der Waals surface area contributed by atoms with Crippen LogP contribution >= 0.6 is 0 Å². The summed E-state index contributed by atoms with van der Waals surface area (Å²) in [4.78, 5) is 26.2. The third-order valence-corrected chi connectivity index (χ3v) is 9.43. The molecule has 1 N–H and O–H groups in total. The summed E-state index contributed by atoms with van der Waals surface area (Å²) >= 11 is 0. The summed E-state index contributed by atoms with van der Waals surface area (Å²) in [6.45, 7) is 9.30. The highest BCUT2D eigenvalue weighted by molar-refractivity contribution is 5.89. The third kappa shape index (κ3) is 3.11. The van der Waals surface area contributed by atoms with Gasteiger partial charge < -0.3 is 15.0 Å². The molecule has 0 aromatic rings. The highest BCUT2D eigenvalue weighted by Crippen LogP contribution is 2.65. The first-order valence-electron chi connectivity index (χ1n) is 11.6. The van der Waals surface area contributed by atoms with E-state index in [-0.39, 0.29) is 28.9 Å². The number of fused-ring (bicyclic) bond motifs is 5. The molecule has 0 aromatic heterocycles. The zero-order chi connectivity index (χ0) is 21.0. The van der Waals surface area contributed by atoms with E-state index in [1.807, 2.05) is 24.9 Å². The zero-order valence-corrected chi connectivity index (χ0v) is 18.7. The van der Waals surface area contributed by atoms with Gasteiger partial charge in [-0.15, -0.1) is 0 Å². The van der Waals surface area contributed by atoms with Crippen LogP contribution in [0.25, 0.3) is 0 Å². The number of carbonyl (C=O) groups is 2. The Morgan fingerprint density at radius 3 is 2.72 bits per heavy atom. The molecule has 162 valence electrons. The van der Waals surface area contributed by atoms with E-state index in [4.69, 9.17) is 4.74 Å². The van der Waals surface area contributed by atoms with E-state index in [1.165, 1.54) is 32.1 Å². The fraction of sp³-hybridized carbons (Fsp3) is 0.833. The maximum atomic E-state index is 12.2. The summed E-state index contributed by atoms with van der Waals surface area (Å²) in [5.74, 6) is 2.76. The minimum absolute atomic E-state index is 0.0970. The quantitative estimate of drug-likeness (QED) is 0.762. The Balaban J connectivity index is 1.54. The smallest absolute Gasteiger partial charge is 0.407 e. The molecule has 8 atom stereocenters. The van der Waals surface area contributed by atoms with Gasteiger partial charge in [0.15, 0.2) is 0 Å². The Morgan fingerprint density at radius 2 is 2.00 bits per heavy atom. The van der Waals surface area contributed by atoms with Crippen LogP contribution in [0.15, 0.2) is 12.2 Å². The molecule has 2 amide bonds. The maximum Gasteiger partial charge on any atom is 0.407 e. The van der Waals surface area contributed by atoms with E-state index < -0.39 is 0 Å². The predicted molar refractivity (Wildman–Crippen MR) is 113 cm³/mol. The van der Waals surface area contributed by atoms with Gasteiger partial charge in [0, 0.05) is 24.5 Å². The Morgan fingerprint density at radius 1 is 1.24 bits per heavy atom. The van der Waals surface area contributed by atoms with Gasteiger partial charge in [0.05, 0.1) is 6.61 Å². The Kier molecular flexibility index (Phi) is 5.23. The van der Waals surface area contributed by atoms with Crippen molar-refractivity contribution in [2.75, 3.05) is 13.7 Å². The predicted octanol–water partition coefficient (Wildman–Crippen LogP) is 4.38. The summed E-state index contributed by atoms with van der Waals surface area (Å²) in [6, 6.07) is 0.484. The number of nitrogens with zero attached hydrogens (tertiary/aromatic N) is 1. The number of nitrogens with one attached hydrogen (secondary N) is 1. The average molecular weight is 403 g/mol. The number of amides is 2. The molecule has 0 radical (unpaired) electrons. The Bertz CT molecular complexity index is 706. The normalized spacial score (nSPS) is 44.5. The summed E-state index contributed by atoms with van der Waals surface area (Å²) < 4.78 is 5.13. The second-order valence-corrected chi connectivity index (χ2v) is 10.5. The molecule has 3 saturated carbocycles. The van der Waals surface area contributed by atoms with Crippen molar-refractivity contribution in [3.63, 3.8) is 0 Å². The van der Waals surface area contributed by atoms with E-state index in [0.717, 1.165) is 12.3 Å². The van der Waals surface area contributed by atoms with Crippen molar-refractivity contribution in [2.24, 2.45) is 34.5 Å². The standard InChI is InChI=1S/C24H38N2O3/c1-6-29-22(28)25-15(2)17-8-9-18-16-7-10-20-24(4,14-12-21(27)26(20)5)19(16)11-13-23(17,18)3/h12,14-20H,6-11,13H2,1-5H3,(H,25,28)/t15?,16-,17+,18-,19-,20?,23+,24+/m0/s1. The van der Waals surface area contributed by atoms with Crippen molar-refractivity contribution >= 4 is 12.0 Å². The van der Waals surface area contributed by atoms with E-state index in [1.54, 1.807) is 0 Å². The summed E-state index contributed by atoms with van der Waals surface area (Å²) in [6.07, 6.45) is 11.0. The first kappa shape index (κ1) is 20.7. The first-order valence-corrected chi connectivity index (χ1v) is 11.6. The van der Waals surface area contributed by atoms with Crippen molar-refractivity contribution < 1.29 is 14.3 Å². The lowest BCUT2D eigenvalue weighted by Crippen LogP contribution is -2.60. The highest BCUT2D eigenvalue weighted by atomic mass is 16.5. The lowest BCUT2D eigenvalue weighted by molar-refractivity contribution is -0.139. The van der Waals surface area contributed by atoms with Gasteiger partial charge in [-0.1, -0.05) is 19.9 Å². The molecular formula is C24H38N2O3. The Hall–Kier alpha value is -1.52. The molecule has 1 heterocycles. The number of carbonyl (C=O) groups excluding carboxylic acids is 2. The minimum Gasteiger partial charge on any atom is -0.450 e. The van der Waals surface area contributed by atoms with E-state index in [9.17, 15) is 9.59 Å². The molecule has 5 heteroatoms. The van der Waals surface area contributed by atoms with Gasteiger partial charge in [-0.3, -0.25) is 4.79 Å². The molecule has 0 aromatic carbocycles. The van der Waals surface area contributed by atoms with Crippen LogP contribution in [0.1, 0.15) is 66.2 Å². The van der Waals surface area contributed by atoms with Gasteiger partial charge in [0.1, 0.15) is 0 Å². The summed E-state index contributed by atoms with van der Waals surface area (Å²) in [7, 11) is 1.98. The van der Waals surface area contributed by atoms with Crippen molar-refractivity contribution in [1.82, 2.24) is 10.2 Å². The third-order valence-electron chi connectivity index (χ3n) is 9.43. The lowest BCUT2D eigenvalue weighted by Gasteiger charge is -2.60. The molecule has 0 bridgehead atoms. The molecule has 0 spiro atoms. The Labute approximate surface area is 175 Å². The largest absolute Gasteiger partial charge is 0.450 e. The second kappa shape index (κ2) is 7.31. The number of hydrogen-bond acceptors (Lipinski definition) is 3. The SMILES string of the molecule is CCOC(=O)NC(C)[C@H]1CC[C@H]2[C@@H]3CCC4N(C)C(=O)C=C[C@]4(C)[C@H]3CC[C@]12C. The van der Waals surface area contributed by atoms with Crippen molar-refractivity contribution in [1.29, 1.82) is 0 Å². The average Bonchev–Trinajstić information content (AvgIpc) is 3.02. The van der Waals surface area contributed by atoms with Crippen molar-refractivity contribution in [3.8, 4) is 0 Å². The van der Waals surface area contributed by atoms with Crippen LogP contribution < -0.4 is 5.32 Å². The lowest BCUT2D eigenvalue weighted by atomic mass is 9.47. The van der Waals surface area contributed by atoms with E-state index in [2.05, 4.69) is 32.2 Å². The van der Waals surface area contributed by atoms with Crippen LogP contribution in [0.2, 0.25) is 0 Å². The molecule has 1 aliphatic heterocycles. The number of alkyl carbamates (subject to hydrolysis) is 1. The number of likely N-dealkylation sites (N-methyl/N-ethyl adjacent to an activating group) is 1. The molecule has 4 rings (SSSR count).